The number of hydrogen-bond acceptors (Lipinski definition) is 8. The van der Waals surface area contributed by atoms with Crippen molar-refractivity contribution in [2.45, 2.75) is 309 Å². The van der Waals surface area contributed by atoms with Crippen LogP contribution in [0.25, 0.3) is 0 Å². The molecular weight excluding hydrogens is 935 g/mol. The molecule has 2 atom stereocenters. The summed E-state index contributed by atoms with van der Waals surface area (Å²) in [5, 5.41) is 11.8. The van der Waals surface area contributed by atoms with Crippen LogP contribution in [0.5, 0.6) is 0 Å². The first-order chi connectivity index (χ1) is 36.6. The topological polar surface area (TPSA) is 111 Å². The molecule has 438 valence electrons. The van der Waals surface area contributed by atoms with E-state index < -0.39 is 24.3 Å². The highest BCUT2D eigenvalue weighted by atomic mass is 16.7. The first-order valence-electron chi connectivity index (χ1n) is 31.8. The van der Waals surface area contributed by atoms with E-state index >= 15 is 0 Å². The van der Waals surface area contributed by atoms with E-state index in [0.717, 1.165) is 70.6 Å². The zero-order valence-electron chi connectivity index (χ0n) is 49.9. The molecule has 75 heavy (non-hydrogen) atoms. The lowest BCUT2D eigenvalue weighted by Crippen LogP contribution is -2.44. The summed E-state index contributed by atoms with van der Waals surface area (Å²) < 4.78 is 22.7. The van der Waals surface area contributed by atoms with E-state index in [1.54, 1.807) is 0 Å². The van der Waals surface area contributed by atoms with Gasteiger partial charge in [-0.3, -0.25) is 9.59 Å². The highest BCUT2D eigenvalue weighted by molar-refractivity contribution is 5.70. The van der Waals surface area contributed by atoms with Gasteiger partial charge in [-0.05, 0) is 70.6 Å². The first kappa shape index (κ1) is 72.2. The second-order valence-electron chi connectivity index (χ2n) is 22.7. The highest BCUT2D eigenvalue weighted by Gasteiger charge is 2.22. The predicted octanol–water partition coefficient (Wildman–Crippen LogP) is 17.7. The molecule has 0 rings (SSSR count). The summed E-state index contributed by atoms with van der Waals surface area (Å²) in [7, 11) is 5.92. The maximum atomic E-state index is 12.9. The van der Waals surface area contributed by atoms with Gasteiger partial charge in [0.15, 0.2) is 12.4 Å². The van der Waals surface area contributed by atoms with E-state index in [1.807, 2.05) is 21.1 Å². The van der Waals surface area contributed by atoms with Crippen molar-refractivity contribution in [3.05, 3.63) is 48.6 Å². The molecule has 0 aliphatic rings. The lowest BCUT2D eigenvalue weighted by molar-refractivity contribution is -0.870. The van der Waals surface area contributed by atoms with Crippen LogP contribution >= 0.6 is 0 Å². The van der Waals surface area contributed by atoms with Crippen LogP contribution in [0.3, 0.4) is 0 Å². The molecule has 0 saturated carbocycles. The van der Waals surface area contributed by atoms with Gasteiger partial charge in [0.1, 0.15) is 13.2 Å². The molecule has 0 N–H and O–H groups in total. The zero-order chi connectivity index (χ0) is 54.8. The van der Waals surface area contributed by atoms with Crippen LogP contribution in [0, 0.1) is 0 Å². The summed E-state index contributed by atoms with van der Waals surface area (Å²) >= 11 is 0. The van der Waals surface area contributed by atoms with E-state index in [4.69, 9.17) is 18.9 Å². The first-order valence-corrected chi connectivity index (χ1v) is 31.8. The Morgan fingerprint density at radius 1 is 0.400 bits per heavy atom. The molecule has 0 aromatic rings. The lowest BCUT2D eigenvalue weighted by atomic mass is 10.0. The number of aliphatic carboxylic acids is 1. The average Bonchev–Trinajstić information content (AvgIpc) is 3.38. The molecule has 0 fully saturated rings. The number of ether oxygens (including phenoxy) is 4. The van der Waals surface area contributed by atoms with Crippen LogP contribution in [-0.2, 0) is 33.3 Å². The van der Waals surface area contributed by atoms with Crippen LogP contribution in [0.15, 0.2) is 48.6 Å². The molecule has 0 radical (unpaired) electrons. The number of esters is 2. The predicted molar refractivity (Wildman–Crippen MR) is 315 cm³/mol. The fourth-order valence-corrected chi connectivity index (χ4v) is 9.14. The molecule has 9 nitrogen and oxygen atoms in total. The third-order valence-electron chi connectivity index (χ3n) is 14.0. The molecule has 0 bridgehead atoms. The molecule has 2 unspecified atom stereocenters. The number of nitrogens with zero attached hydrogens (tertiary/aromatic N) is 1. The third kappa shape index (κ3) is 58.8. The van der Waals surface area contributed by atoms with Crippen molar-refractivity contribution < 1.29 is 42.9 Å². The monoisotopic (exact) mass is 1060 g/mol. The number of carbonyl (C=O) groups is 3. The van der Waals surface area contributed by atoms with Crippen molar-refractivity contribution >= 4 is 17.9 Å². The van der Waals surface area contributed by atoms with Crippen LogP contribution in [0.1, 0.15) is 296 Å². The third-order valence-corrected chi connectivity index (χ3v) is 14.0. The van der Waals surface area contributed by atoms with Gasteiger partial charge in [0.05, 0.1) is 40.3 Å². The number of quaternary nitrogens is 1. The van der Waals surface area contributed by atoms with Crippen molar-refractivity contribution in [3.63, 3.8) is 0 Å². The number of carboxylic acids is 1. The maximum absolute atomic E-state index is 12.9. The van der Waals surface area contributed by atoms with Crippen LogP contribution in [-0.4, -0.2) is 82.3 Å². The Kier molecular flexibility index (Phi) is 55.3. The van der Waals surface area contributed by atoms with E-state index in [-0.39, 0.29) is 38.6 Å². The molecule has 0 spiro atoms. The van der Waals surface area contributed by atoms with E-state index in [1.165, 1.54) is 193 Å². The van der Waals surface area contributed by atoms with Crippen LogP contribution in [0.2, 0.25) is 0 Å². The minimum atomic E-state index is -1.62. The standard InChI is InChI=1S/C66H121NO8/c1-6-8-10-12-14-16-18-20-21-22-23-24-25-26-27-28-29-30-31-32-33-34-35-36-37-38-39-40-41-42-43-45-47-49-51-53-55-57-64(69)75-62(61-74-66(65(70)71)72-59-58-67(3,4)5)60-73-63(68)56-54-52-50-48-46-44-19-17-15-13-11-9-7-2/h11,13,17-20,22-23,62,66H,6-10,12,14-16,21,24-61H2,1-5H3/b13-11-,19-17-,20-18-,23-22-. The van der Waals surface area contributed by atoms with Gasteiger partial charge in [-0.15, -0.1) is 0 Å². The molecule has 0 aliphatic heterocycles. The van der Waals surface area contributed by atoms with E-state index in [0.29, 0.717) is 17.4 Å². The largest absolute Gasteiger partial charge is 0.545 e. The van der Waals surface area contributed by atoms with Crippen molar-refractivity contribution in [2.75, 3.05) is 47.5 Å². The Bertz CT molecular complexity index is 1370. The Morgan fingerprint density at radius 3 is 1.11 bits per heavy atom. The van der Waals surface area contributed by atoms with Gasteiger partial charge in [-0.25, -0.2) is 0 Å². The van der Waals surface area contributed by atoms with Crippen molar-refractivity contribution in [2.24, 2.45) is 0 Å². The molecule has 0 heterocycles. The number of rotatable bonds is 59. The lowest BCUT2D eigenvalue weighted by Gasteiger charge is -2.26. The molecule has 0 aromatic carbocycles. The summed E-state index contributed by atoms with van der Waals surface area (Å²) in [6, 6.07) is 0. The summed E-state index contributed by atoms with van der Waals surface area (Å²) in [5.74, 6) is -2.29. The van der Waals surface area contributed by atoms with Gasteiger partial charge in [0.25, 0.3) is 0 Å². The van der Waals surface area contributed by atoms with Crippen molar-refractivity contribution in [3.8, 4) is 0 Å². The molecular formula is C66H121NO8. The number of hydrogen-bond donors (Lipinski definition) is 0. The van der Waals surface area contributed by atoms with Crippen LogP contribution in [0.4, 0.5) is 0 Å². The summed E-state index contributed by atoms with van der Waals surface area (Å²) in [6.07, 6.45) is 69.2. The second kappa shape index (κ2) is 57.4. The van der Waals surface area contributed by atoms with Gasteiger partial charge in [0.2, 0.25) is 0 Å². The Balaban J connectivity index is 3.96. The van der Waals surface area contributed by atoms with E-state index in [2.05, 4.69) is 62.5 Å². The maximum Gasteiger partial charge on any atom is 0.306 e. The zero-order valence-corrected chi connectivity index (χ0v) is 49.9. The van der Waals surface area contributed by atoms with Gasteiger partial charge in [-0.1, -0.05) is 262 Å². The highest BCUT2D eigenvalue weighted by Crippen LogP contribution is 2.18. The van der Waals surface area contributed by atoms with Gasteiger partial charge in [0, 0.05) is 12.8 Å². The minimum absolute atomic E-state index is 0.146. The molecule has 0 aliphatic carbocycles. The molecule has 0 amide bonds. The molecule has 0 aromatic heterocycles. The molecule has 0 saturated heterocycles. The average molecular weight is 1060 g/mol. The summed E-state index contributed by atoms with van der Waals surface area (Å²) in [4.78, 5) is 37.2. The second-order valence-corrected chi connectivity index (χ2v) is 22.7. The summed E-state index contributed by atoms with van der Waals surface area (Å²) in [6.45, 7) is 4.68. The molecule has 9 heteroatoms. The smallest absolute Gasteiger partial charge is 0.306 e. The van der Waals surface area contributed by atoms with Crippen LogP contribution < -0.4 is 5.11 Å². The fraction of sp³-hybridized carbons (Fsp3) is 0.833. The summed E-state index contributed by atoms with van der Waals surface area (Å²) in [5.41, 5.74) is 0. The minimum Gasteiger partial charge on any atom is -0.545 e. The quantitative estimate of drug-likeness (QED) is 0.0195. The van der Waals surface area contributed by atoms with Crippen molar-refractivity contribution in [1.29, 1.82) is 0 Å². The number of unbranched alkanes of at least 4 members (excludes halogenated alkanes) is 36. The van der Waals surface area contributed by atoms with Crippen molar-refractivity contribution in [1.82, 2.24) is 0 Å². The normalized spacial score (nSPS) is 13.0. The Morgan fingerprint density at radius 2 is 0.747 bits per heavy atom. The van der Waals surface area contributed by atoms with Gasteiger partial charge >= 0.3 is 11.9 Å². The number of allylic oxidation sites excluding steroid dienone is 8. The Hall–Kier alpha value is -2.75. The number of carbonyl (C=O) groups excluding carboxylic acids is 3. The Labute approximate surface area is 463 Å². The number of likely N-dealkylation sites (N-methyl/N-ethyl adjacent to an activating group) is 1. The van der Waals surface area contributed by atoms with Gasteiger partial charge in [-0.2, -0.15) is 0 Å². The fourth-order valence-electron chi connectivity index (χ4n) is 9.14. The SMILES string of the molecule is CCC/C=C\C/C=C\CCCCCCCC(=O)OCC(COC(OCC[N+](C)(C)C)C(=O)[O-])OC(=O)CCCCCCCCCCCCCCCCCCCCCCCCCCC/C=C\C/C=C\CCCCCCC. The number of carboxylic acid groups (broad SMARTS) is 1. The van der Waals surface area contributed by atoms with Gasteiger partial charge < -0.3 is 33.3 Å². The van der Waals surface area contributed by atoms with E-state index in [9.17, 15) is 19.5 Å².